The number of anilines is 2. The number of nitrogens with one attached hydrogen (secondary N) is 3. The van der Waals surface area contributed by atoms with Crippen molar-refractivity contribution >= 4 is 23.4 Å². The molecule has 0 radical (unpaired) electrons. The van der Waals surface area contributed by atoms with Gasteiger partial charge in [-0.15, -0.1) is 0 Å². The van der Waals surface area contributed by atoms with Gasteiger partial charge in [-0.3, -0.25) is 4.79 Å². The minimum absolute atomic E-state index is 0.0690. The number of rotatable bonds is 5. The van der Waals surface area contributed by atoms with Crippen molar-refractivity contribution in [2.45, 2.75) is 71.1 Å². The SMILES string of the molecule is C[C@H](NC(=O)OC(C)(C)C)C(=O)Nc1ccc(F)cc1N[C@H]1CC[C@H](C#N)CC1. The van der Waals surface area contributed by atoms with Crippen molar-refractivity contribution in [3.63, 3.8) is 0 Å². The molecule has 2 amide bonds. The van der Waals surface area contributed by atoms with E-state index in [1.807, 2.05) is 0 Å². The maximum absolute atomic E-state index is 13.8. The van der Waals surface area contributed by atoms with Crippen LogP contribution in [0, 0.1) is 23.1 Å². The highest BCUT2D eigenvalue weighted by atomic mass is 19.1. The number of nitriles is 1. The van der Waals surface area contributed by atoms with Crippen LogP contribution in [-0.2, 0) is 9.53 Å². The van der Waals surface area contributed by atoms with Crippen LogP contribution in [0.4, 0.5) is 20.6 Å². The zero-order valence-electron chi connectivity index (χ0n) is 17.3. The molecule has 0 spiro atoms. The summed E-state index contributed by atoms with van der Waals surface area (Å²) in [6, 6.07) is 5.63. The molecule has 2 rings (SSSR count). The molecule has 1 aliphatic carbocycles. The van der Waals surface area contributed by atoms with Gasteiger partial charge in [-0.2, -0.15) is 5.26 Å². The second-order valence-electron chi connectivity index (χ2n) is 8.37. The number of hydrogen-bond acceptors (Lipinski definition) is 5. The van der Waals surface area contributed by atoms with Crippen LogP contribution in [0.25, 0.3) is 0 Å². The van der Waals surface area contributed by atoms with E-state index < -0.39 is 29.5 Å². The van der Waals surface area contributed by atoms with Crippen LogP contribution < -0.4 is 16.0 Å². The van der Waals surface area contributed by atoms with Gasteiger partial charge in [0.25, 0.3) is 0 Å². The van der Waals surface area contributed by atoms with Gasteiger partial charge in [-0.25, -0.2) is 9.18 Å². The zero-order valence-corrected chi connectivity index (χ0v) is 17.3. The third-order valence-electron chi connectivity index (χ3n) is 4.64. The van der Waals surface area contributed by atoms with Crippen molar-refractivity contribution in [3.8, 4) is 6.07 Å². The minimum atomic E-state index is -0.839. The number of amides is 2. The van der Waals surface area contributed by atoms with E-state index >= 15 is 0 Å². The van der Waals surface area contributed by atoms with E-state index in [1.165, 1.54) is 18.2 Å². The van der Waals surface area contributed by atoms with Gasteiger partial charge < -0.3 is 20.7 Å². The molecular formula is C21H29FN4O3. The van der Waals surface area contributed by atoms with Crippen LogP contribution in [0.15, 0.2) is 18.2 Å². The molecule has 1 saturated carbocycles. The van der Waals surface area contributed by atoms with Gasteiger partial charge >= 0.3 is 6.09 Å². The molecule has 0 aromatic heterocycles. The molecule has 1 fully saturated rings. The first-order valence-corrected chi connectivity index (χ1v) is 9.83. The Balaban J connectivity index is 2.00. The molecule has 1 aliphatic rings. The number of nitrogens with zero attached hydrogens (tertiary/aromatic N) is 1. The summed E-state index contributed by atoms with van der Waals surface area (Å²) in [5.74, 6) is -0.797. The van der Waals surface area contributed by atoms with Crippen LogP contribution >= 0.6 is 0 Å². The van der Waals surface area contributed by atoms with Crippen molar-refractivity contribution in [3.05, 3.63) is 24.0 Å². The van der Waals surface area contributed by atoms with Crippen molar-refractivity contribution in [1.29, 1.82) is 5.26 Å². The number of alkyl carbamates (subject to hydrolysis) is 1. The van der Waals surface area contributed by atoms with Crippen molar-refractivity contribution in [2.24, 2.45) is 5.92 Å². The van der Waals surface area contributed by atoms with Crippen LogP contribution in [-0.4, -0.2) is 29.7 Å². The second kappa shape index (κ2) is 9.59. The van der Waals surface area contributed by atoms with Crippen LogP contribution in [0.2, 0.25) is 0 Å². The normalized spacial score (nSPS) is 20.1. The summed E-state index contributed by atoms with van der Waals surface area (Å²) in [6.07, 6.45) is 2.51. The monoisotopic (exact) mass is 404 g/mol. The molecule has 1 aromatic carbocycles. The maximum Gasteiger partial charge on any atom is 0.408 e. The Hall–Kier alpha value is -2.82. The molecule has 0 heterocycles. The molecule has 158 valence electrons. The van der Waals surface area contributed by atoms with Gasteiger partial charge in [0.15, 0.2) is 0 Å². The molecular weight excluding hydrogens is 375 g/mol. The van der Waals surface area contributed by atoms with E-state index in [0.717, 1.165) is 25.7 Å². The predicted molar refractivity (Wildman–Crippen MR) is 109 cm³/mol. The lowest BCUT2D eigenvalue weighted by molar-refractivity contribution is -0.117. The molecule has 0 unspecified atom stereocenters. The standard InChI is InChI=1S/C21H29FN4O3/c1-13(24-20(28)29-21(2,3)4)19(27)26-17-10-7-15(22)11-18(17)25-16-8-5-14(12-23)6-9-16/h7,10-11,13-14,16,25H,5-6,8-9H2,1-4H3,(H,24,28)(H,26,27)/t13-,14-,16-/m0/s1. The fourth-order valence-corrected chi connectivity index (χ4v) is 3.12. The summed E-state index contributed by atoms with van der Waals surface area (Å²) in [6.45, 7) is 6.74. The smallest absolute Gasteiger partial charge is 0.408 e. The predicted octanol–water partition coefficient (Wildman–Crippen LogP) is 4.17. The number of carbonyl (C=O) groups is 2. The molecule has 29 heavy (non-hydrogen) atoms. The third kappa shape index (κ3) is 7.26. The lowest BCUT2D eigenvalue weighted by atomic mass is 9.87. The molecule has 0 saturated heterocycles. The molecule has 8 heteroatoms. The molecule has 3 N–H and O–H groups in total. The Morgan fingerprint density at radius 2 is 1.86 bits per heavy atom. The highest BCUT2D eigenvalue weighted by Gasteiger charge is 2.24. The lowest BCUT2D eigenvalue weighted by Crippen LogP contribution is -2.44. The van der Waals surface area contributed by atoms with Crippen molar-refractivity contribution < 1.29 is 18.7 Å². The van der Waals surface area contributed by atoms with Gasteiger partial charge in [0, 0.05) is 12.0 Å². The highest BCUT2D eigenvalue weighted by Crippen LogP contribution is 2.29. The van der Waals surface area contributed by atoms with Gasteiger partial charge in [0.2, 0.25) is 5.91 Å². The summed E-state index contributed by atoms with van der Waals surface area (Å²) < 4.78 is 18.9. The number of ether oxygens (including phenoxy) is 1. The topological polar surface area (TPSA) is 103 Å². The Labute approximate surface area is 171 Å². The van der Waals surface area contributed by atoms with Crippen LogP contribution in [0.1, 0.15) is 53.4 Å². The van der Waals surface area contributed by atoms with E-state index in [0.29, 0.717) is 11.4 Å². The lowest BCUT2D eigenvalue weighted by Gasteiger charge is -2.27. The van der Waals surface area contributed by atoms with E-state index in [9.17, 15) is 14.0 Å². The molecule has 7 nitrogen and oxygen atoms in total. The average molecular weight is 404 g/mol. The largest absolute Gasteiger partial charge is 0.444 e. The first-order valence-electron chi connectivity index (χ1n) is 9.83. The number of halogens is 1. The summed E-state index contributed by atoms with van der Waals surface area (Å²) in [5.41, 5.74) is 0.235. The second-order valence-corrected chi connectivity index (χ2v) is 8.37. The van der Waals surface area contributed by atoms with Gasteiger partial charge in [0.05, 0.1) is 17.4 Å². The third-order valence-corrected chi connectivity index (χ3v) is 4.64. The maximum atomic E-state index is 13.8. The number of hydrogen-bond donors (Lipinski definition) is 3. The van der Waals surface area contributed by atoms with Crippen LogP contribution in [0.5, 0.6) is 0 Å². The van der Waals surface area contributed by atoms with Crippen molar-refractivity contribution in [1.82, 2.24) is 5.32 Å². The van der Waals surface area contributed by atoms with E-state index in [2.05, 4.69) is 22.0 Å². The van der Waals surface area contributed by atoms with Gasteiger partial charge in [-0.1, -0.05) is 0 Å². The highest BCUT2D eigenvalue weighted by molar-refractivity contribution is 5.98. The van der Waals surface area contributed by atoms with E-state index in [-0.39, 0.29) is 12.0 Å². The Bertz CT molecular complexity index is 777. The van der Waals surface area contributed by atoms with E-state index in [1.54, 1.807) is 27.7 Å². The Kier molecular flexibility index (Phi) is 7.43. The Morgan fingerprint density at radius 3 is 2.45 bits per heavy atom. The van der Waals surface area contributed by atoms with Gasteiger partial charge in [0.1, 0.15) is 17.5 Å². The molecule has 0 aliphatic heterocycles. The average Bonchev–Trinajstić information content (AvgIpc) is 2.62. The minimum Gasteiger partial charge on any atom is -0.444 e. The fraction of sp³-hybridized carbons (Fsp3) is 0.571. The first-order chi connectivity index (χ1) is 13.6. The summed E-state index contributed by atoms with van der Waals surface area (Å²) in [5, 5.41) is 17.5. The summed E-state index contributed by atoms with van der Waals surface area (Å²) in [4.78, 5) is 24.3. The summed E-state index contributed by atoms with van der Waals surface area (Å²) in [7, 11) is 0. The van der Waals surface area contributed by atoms with E-state index in [4.69, 9.17) is 10.00 Å². The number of carbonyl (C=O) groups excluding carboxylic acids is 2. The Morgan fingerprint density at radius 1 is 1.21 bits per heavy atom. The molecule has 0 bridgehead atoms. The van der Waals surface area contributed by atoms with Crippen LogP contribution in [0.3, 0.4) is 0 Å². The zero-order chi connectivity index (χ0) is 21.6. The quantitative estimate of drug-likeness (QED) is 0.683. The molecule has 1 aromatic rings. The molecule has 1 atom stereocenters. The number of benzene rings is 1. The van der Waals surface area contributed by atoms with Gasteiger partial charge in [-0.05, 0) is 71.6 Å². The fourth-order valence-electron chi connectivity index (χ4n) is 3.12. The summed E-state index contributed by atoms with van der Waals surface area (Å²) >= 11 is 0. The van der Waals surface area contributed by atoms with Crippen molar-refractivity contribution in [2.75, 3.05) is 10.6 Å². The first kappa shape index (κ1) is 22.5.